The molecule has 0 atom stereocenters. The first-order chi connectivity index (χ1) is 4.41. The summed E-state index contributed by atoms with van der Waals surface area (Å²) in [5, 5.41) is 0. The topological polar surface area (TPSA) is 3.24 Å². The van der Waals surface area contributed by atoms with E-state index < -0.39 is 0 Å². The monoisotopic (exact) mass is 141 g/mol. The van der Waals surface area contributed by atoms with Crippen molar-refractivity contribution in [3.05, 3.63) is 0 Å². The van der Waals surface area contributed by atoms with Gasteiger partial charge in [0.2, 0.25) is 0 Å². The highest BCUT2D eigenvalue weighted by molar-refractivity contribution is 6.05. The zero-order valence-corrected chi connectivity index (χ0v) is 8.23. The highest BCUT2D eigenvalue weighted by atomic mass is 15.1. The lowest BCUT2D eigenvalue weighted by Crippen LogP contribution is -2.45. The standard InChI is InChI=1S/C8H20BN/c1-6-8(4,5)10(9)7(2)3/h7H,6,9H2,1-5H3. The van der Waals surface area contributed by atoms with Gasteiger partial charge in [-0.15, -0.1) is 0 Å². The molecule has 0 aromatic heterocycles. The molecule has 10 heavy (non-hydrogen) atoms. The van der Waals surface area contributed by atoms with Crippen molar-refractivity contribution in [3.63, 3.8) is 0 Å². The summed E-state index contributed by atoms with van der Waals surface area (Å²) in [6, 6.07) is 0.648. The van der Waals surface area contributed by atoms with Gasteiger partial charge in [0, 0.05) is 5.54 Å². The highest BCUT2D eigenvalue weighted by Gasteiger charge is 2.21. The van der Waals surface area contributed by atoms with Gasteiger partial charge in [-0.05, 0) is 26.3 Å². The van der Waals surface area contributed by atoms with E-state index in [0.717, 1.165) is 0 Å². The molecule has 0 spiro atoms. The van der Waals surface area contributed by atoms with Crippen molar-refractivity contribution < 1.29 is 0 Å². The Hall–Kier alpha value is 0.0249. The van der Waals surface area contributed by atoms with Gasteiger partial charge in [0.05, 0.1) is 0 Å². The van der Waals surface area contributed by atoms with Crippen LogP contribution in [0.15, 0.2) is 0 Å². The van der Waals surface area contributed by atoms with Crippen molar-refractivity contribution >= 4 is 7.98 Å². The van der Waals surface area contributed by atoms with E-state index in [2.05, 4.69) is 47.4 Å². The van der Waals surface area contributed by atoms with E-state index in [9.17, 15) is 0 Å². The summed E-state index contributed by atoms with van der Waals surface area (Å²) in [4.78, 5) is 2.41. The molecule has 1 nitrogen and oxygen atoms in total. The fourth-order valence-corrected chi connectivity index (χ4v) is 0.948. The van der Waals surface area contributed by atoms with Gasteiger partial charge in [-0.1, -0.05) is 20.8 Å². The quantitative estimate of drug-likeness (QED) is 0.537. The first-order valence-corrected chi connectivity index (χ1v) is 4.14. The average Bonchev–Trinajstić information content (AvgIpc) is 1.86. The molecule has 0 bridgehead atoms. The van der Waals surface area contributed by atoms with E-state index in [1.165, 1.54) is 6.42 Å². The van der Waals surface area contributed by atoms with E-state index in [1.807, 2.05) is 0 Å². The Morgan fingerprint density at radius 2 is 1.80 bits per heavy atom. The molecule has 0 unspecified atom stereocenters. The van der Waals surface area contributed by atoms with Crippen LogP contribution in [-0.4, -0.2) is 24.4 Å². The minimum atomic E-state index is 0.355. The molecule has 0 aliphatic heterocycles. The maximum absolute atomic E-state index is 2.41. The molecule has 0 heterocycles. The third kappa shape index (κ3) is 2.33. The van der Waals surface area contributed by atoms with Gasteiger partial charge in [-0.2, -0.15) is 0 Å². The molecule has 0 fully saturated rings. The second-order valence-electron chi connectivity index (χ2n) is 3.87. The third-order valence-electron chi connectivity index (χ3n) is 2.59. The molecule has 0 radical (unpaired) electrons. The van der Waals surface area contributed by atoms with E-state index in [4.69, 9.17) is 0 Å². The van der Waals surface area contributed by atoms with Gasteiger partial charge in [0.15, 0.2) is 7.98 Å². The van der Waals surface area contributed by atoms with Crippen LogP contribution < -0.4 is 0 Å². The number of hydrogen-bond donors (Lipinski definition) is 0. The van der Waals surface area contributed by atoms with Crippen LogP contribution in [0.2, 0.25) is 0 Å². The maximum atomic E-state index is 2.41. The molecule has 0 saturated heterocycles. The summed E-state index contributed by atoms with van der Waals surface area (Å²) >= 11 is 0. The number of nitrogens with zero attached hydrogens (tertiary/aromatic N) is 1. The van der Waals surface area contributed by atoms with Gasteiger partial charge in [0.25, 0.3) is 0 Å². The second kappa shape index (κ2) is 3.43. The molecule has 0 N–H and O–H groups in total. The first-order valence-electron chi connectivity index (χ1n) is 4.14. The number of hydrogen-bond acceptors (Lipinski definition) is 1. The second-order valence-corrected chi connectivity index (χ2v) is 3.87. The van der Waals surface area contributed by atoms with Crippen LogP contribution >= 0.6 is 0 Å². The Kier molecular flexibility index (Phi) is 3.43. The van der Waals surface area contributed by atoms with Crippen molar-refractivity contribution in [2.24, 2.45) is 0 Å². The van der Waals surface area contributed by atoms with Crippen molar-refractivity contribution in [1.29, 1.82) is 0 Å². The molecule has 0 aliphatic rings. The van der Waals surface area contributed by atoms with E-state index in [-0.39, 0.29) is 0 Å². The summed E-state index contributed by atoms with van der Waals surface area (Å²) in [5.41, 5.74) is 0.355. The van der Waals surface area contributed by atoms with Crippen molar-refractivity contribution in [3.8, 4) is 0 Å². The fourth-order valence-electron chi connectivity index (χ4n) is 0.948. The molecule has 0 aliphatic carbocycles. The fraction of sp³-hybridized carbons (Fsp3) is 1.00. The Labute approximate surface area is 66.2 Å². The maximum Gasteiger partial charge on any atom is 0.186 e. The Morgan fingerprint density at radius 1 is 1.40 bits per heavy atom. The van der Waals surface area contributed by atoms with Crippen LogP contribution in [0.5, 0.6) is 0 Å². The Morgan fingerprint density at radius 3 is 1.90 bits per heavy atom. The Balaban J connectivity index is 4.03. The van der Waals surface area contributed by atoms with Gasteiger partial charge in [0.1, 0.15) is 0 Å². The van der Waals surface area contributed by atoms with Gasteiger partial charge >= 0.3 is 0 Å². The summed E-state index contributed by atoms with van der Waals surface area (Å²) in [6.45, 7) is 11.3. The van der Waals surface area contributed by atoms with Crippen LogP contribution in [0.4, 0.5) is 0 Å². The molecule has 0 aromatic rings. The summed E-state index contributed by atoms with van der Waals surface area (Å²) in [7, 11) is 2.19. The van der Waals surface area contributed by atoms with Gasteiger partial charge in [-0.25, -0.2) is 0 Å². The zero-order valence-electron chi connectivity index (χ0n) is 8.23. The van der Waals surface area contributed by atoms with Crippen molar-refractivity contribution in [2.45, 2.75) is 52.6 Å². The zero-order chi connectivity index (χ0) is 8.36. The van der Waals surface area contributed by atoms with E-state index in [1.54, 1.807) is 0 Å². The molecule has 0 aromatic carbocycles. The average molecular weight is 141 g/mol. The predicted molar refractivity (Wildman–Crippen MR) is 49.9 cm³/mol. The lowest BCUT2D eigenvalue weighted by atomic mass is 9.93. The molecule has 0 amide bonds. The molecule has 60 valence electrons. The third-order valence-corrected chi connectivity index (χ3v) is 2.59. The highest BCUT2D eigenvalue weighted by Crippen LogP contribution is 2.17. The Bertz CT molecular complexity index is 99.4. The summed E-state index contributed by atoms with van der Waals surface area (Å²) in [5.74, 6) is 0. The SMILES string of the molecule is BN(C(C)C)C(C)(C)CC. The lowest BCUT2D eigenvalue weighted by molar-refractivity contribution is 0.191. The minimum absolute atomic E-state index is 0.355. The van der Waals surface area contributed by atoms with E-state index >= 15 is 0 Å². The van der Waals surface area contributed by atoms with Crippen LogP contribution in [-0.2, 0) is 0 Å². The minimum Gasteiger partial charge on any atom is -0.342 e. The van der Waals surface area contributed by atoms with Crippen LogP contribution in [0.3, 0.4) is 0 Å². The van der Waals surface area contributed by atoms with Crippen molar-refractivity contribution in [2.75, 3.05) is 0 Å². The van der Waals surface area contributed by atoms with Gasteiger partial charge in [-0.3, -0.25) is 0 Å². The van der Waals surface area contributed by atoms with Crippen LogP contribution in [0, 0.1) is 0 Å². The summed E-state index contributed by atoms with van der Waals surface area (Å²) < 4.78 is 0. The molecular formula is C8H20BN. The molecule has 0 rings (SSSR count). The lowest BCUT2D eigenvalue weighted by Gasteiger charge is -2.38. The van der Waals surface area contributed by atoms with Gasteiger partial charge < -0.3 is 4.81 Å². The first kappa shape index (κ1) is 10.0. The van der Waals surface area contributed by atoms with Crippen LogP contribution in [0.25, 0.3) is 0 Å². The summed E-state index contributed by atoms with van der Waals surface area (Å²) in [6.07, 6.45) is 1.21. The molecular weight excluding hydrogens is 121 g/mol. The van der Waals surface area contributed by atoms with E-state index in [0.29, 0.717) is 11.6 Å². The van der Waals surface area contributed by atoms with Crippen molar-refractivity contribution in [1.82, 2.24) is 4.81 Å². The smallest absolute Gasteiger partial charge is 0.186 e. The largest absolute Gasteiger partial charge is 0.342 e. The van der Waals surface area contributed by atoms with Crippen LogP contribution in [0.1, 0.15) is 41.0 Å². The predicted octanol–water partition coefficient (Wildman–Crippen LogP) is 1.43. The number of rotatable bonds is 3. The molecule has 0 saturated carbocycles. The normalized spacial score (nSPS) is 13.1. The molecule has 2 heteroatoms.